The average Bonchev–Trinajstić information content (AvgIpc) is 3.18. The lowest BCUT2D eigenvalue weighted by atomic mass is 10.0. The minimum Gasteiger partial charge on any atom is -0.381 e. The molecule has 2 aliphatic rings. The van der Waals surface area contributed by atoms with Crippen molar-refractivity contribution in [3.05, 3.63) is 24.2 Å². The van der Waals surface area contributed by atoms with Gasteiger partial charge in [0.1, 0.15) is 5.52 Å². The third-order valence-corrected chi connectivity index (χ3v) is 4.98. The van der Waals surface area contributed by atoms with Gasteiger partial charge in [0.2, 0.25) is 0 Å². The van der Waals surface area contributed by atoms with Crippen LogP contribution in [0.3, 0.4) is 0 Å². The van der Waals surface area contributed by atoms with E-state index < -0.39 is 0 Å². The van der Waals surface area contributed by atoms with Crippen LogP contribution >= 0.6 is 0 Å². The van der Waals surface area contributed by atoms with Crippen molar-refractivity contribution in [1.82, 2.24) is 19.5 Å². The summed E-state index contributed by atoms with van der Waals surface area (Å²) in [6, 6.07) is 2.59. The second kappa shape index (κ2) is 6.45. The van der Waals surface area contributed by atoms with E-state index in [0.29, 0.717) is 6.04 Å². The molecule has 6 heteroatoms. The number of hydrogen-bond donors (Lipinski definition) is 1. The van der Waals surface area contributed by atoms with Crippen molar-refractivity contribution in [3.8, 4) is 0 Å². The lowest BCUT2D eigenvalue weighted by Crippen LogP contribution is -2.41. The van der Waals surface area contributed by atoms with Crippen molar-refractivity contribution < 1.29 is 4.74 Å². The highest BCUT2D eigenvalue weighted by molar-refractivity contribution is 5.68. The van der Waals surface area contributed by atoms with E-state index in [1.165, 1.54) is 25.8 Å². The van der Waals surface area contributed by atoms with Gasteiger partial charge in [0.15, 0.2) is 5.82 Å². The second-order valence-corrected chi connectivity index (χ2v) is 6.84. The Morgan fingerprint density at radius 2 is 2.17 bits per heavy atom. The smallest absolute Gasteiger partial charge is 0.152 e. The van der Waals surface area contributed by atoms with Gasteiger partial charge in [-0.3, -0.25) is 0 Å². The van der Waals surface area contributed by atoms with Gasteiger partial charge < -0.3 is 15.0 Å². The van der Waals surface area contributed by atoms with Crippen LogP contribution in [0.1, 0.15) is 25.0 Å². The fourth-order valence-electron chi connectivity index (χ4n) is 3.70. The highest BCUT2D eigenvalue weighted by atomic mass is 16.5. The molecule has 2 aliphatic heterocycles. The summed E-state index contributed by atoms with van der Waals surface area (Å²) < 4.78 is 7.39. The highest BCUT2D eigenvalue weighted by Crippen LogP contribution is 2.21. The fourth-order valence-corrected chi connectivity index (χ4v) is 3.70. The van der Waals surface area contributed by atoms with E-state index in [1.807, 2.05) is 23.8 Å². The van der Waals surface area contributed by atoms with Crippen LogP contribution in [0, 0.1) is 12.8 Å². The summed E-state index contributed by atoms with van der Waals surface area (Å²) in [5.74, 6) is 1.69. The van der Waals surface area contributed by atoms with Crippen LogP contribution in [0.2, 0.25) is 0 Å². The molecule has 2 fully saturated rings. The molecule has 1 unspecified atom stereocenters. The molecule has 0 spiro atoms. The van der Waals surface area contributed by atoms with Gasteiger partial charge in [-0.05, 0) is 38.2 Å². The molecule has 2 aromatic heterocycles. The summed E-state index contributed by atoms with van der Waals surface area (Å²) in [5, 5.41) is 8.08. The molecule has 0 bridgehead atoms. The predicted octanol–water partition coefficient (Wildman–Crippen LogP) is 1.95. The molecule has 2 aromatic rings. The zero-order chi connectivity index (χ0) is 15.6. The number of rotatable bonds is 4. The first kappa shape index (κ1) is 14.9. The molecule has 0 saturated carbocycles. The molecule has 1 N–H and O–H groups in total. The summed E-state index contributed by atoms with van der Waals surface area (Å²) in [6.07, 6.45) is 7.29. The maximum absolute atomic E-state index is 5.49. The van der Waals surface area contributed by atoms with Crippen LogP contribution in [0.5, 0.6) is 0 Å². The number of hydrogen-bond acceptors (Lipinski definition) is 5. The molecule has 0 aliphatic carbocycles. The quantitative estimate of drug-likeness (QED) is 0.934. The van der Waals surface area contributed by atoms with E-state index in [1.54, 1.807) is 0 Å². The lowest BCUT2D eigenvalue weighted by molar-refractivity contribution is 0.154. The minimum atomic E-state index is 0.500. The molecule has 2 saturated heterocycles. The Balaban J connectivity index is 1.35. The van der Waals surface area contributed by atoms with E-state index in [4.69, 9.17) is 4.74 Å². The molecule has 0 radical (unpaired) electrons. The molecule has 0 amide bonds. The van der Waals surface area contributed by atoms with Gasteiger partial charge in [-0.15, -0.1) is 0 Å². The maximum Gasteiger partial charge on any atom is 0.152 e. The Bertz CT molecular complexity index is 656. The molecular weight excluding hydrogens is 290 g/mol. The SMILES string of the molecule is Cc1cc2c(NC3CCN(CC4CCOC4)CC3)nccn2n1. The van der Waals surface area contributed by atoms with Crippen LogP contribution in [0.4, 0.5) is 5.82 Å². The van der Waals surface area contributed by atoms with Crippen molar-refractivity contribution in [1.29, 1.82) is 0 Å². The Morgan fingerprint density at radius 1 is 1.30 bits per heavy atom. The van der Waals surface area contributed by atoms with Crippen LogP contribution in [0.15, 0.2) is 18.5 Å². The zero-order valence-corrected chi connectivity index (χ0v) is 13.7. The Kier molecular flexibility index (Phi) is 4.18. The Hall–Kier alpha value is -1.66. The summed E-state index contributed by atoms with van der Waals surface area (Å²) in [4.78, 5) is 7.11. The van der Waals surface area contributed by atoms with Crippen LogP contribution in [-0.2, 0) is 4.74 Å². The molecule has 0 aromatic carbocycles. The van der Waals surface area contributed by atoms with E-state index >= 15 is 0 Å². The maximum atomic E-state index is 5.49. The first-order valence-electron chi connectivity index (χ1n) is 8.65. The predicted molar refractivity (Wildman–Crippen MR) is 89.7 cm³/mol. The van der Waals surface area contributed by atoms with Gasteiger partial charge >= 0.3 is 0 Å². The number of likely N-dealkylation sites (tertiary alicyclic amines) is 1. The van der Waals surface area contributed by atoms with Crippen molar-refractivity contribution in [2.45, 2.75) is 32.2 Å². The Labute approximate surface area is 136 Å². The summed E-state index contributed by atoms with van der Waals surface area (Å²) in [7, 11) is 0. The number of aryl methyl sites for hydroxylation is 1. The number of fused-ring (bicyclic) bond motifs is 1. The number of nitrogens with one attached hydrogen (secondary N) is 1. The normalized spacial score (nSPS) is 23.6. The van der Waals surface area contributed by atoms with Gasteiger partial charge in [0.05, 0.1) is 12.3 Å². The third-order valence-electron chi connectivity index (χ3n) is 4.98. The molecule has 23 heavy (non-hydrogen) atoms. The third kappa shape index (κ3) is 3.33. The highest BCUT2D eigenvalue weighted by Gasteiger charge is 2.24. The van der Waals surface area contributed by atoms with E-state index in [2.05, 4.69) is 26.4 Å². The number of nitrogens with zero attached hydrogens (tertiary/aromatic N) is 4. The summed E-state index contributed by atoms with van der Waals surface area (Å²) in [5.41, 5.74) is 2.09. The van der Waals surface area contributed by atoms with Gasteiger partial charge in [0.25, 0.3) is 0 Å². The number of aromatic nitrogens is 3. The topological polar surface area (TPSA) is 54.7 Å². The zero-order valence-electron chi connectivity index (χ0n) is 13.7. The number of anilines is 1. The summed E-state index contributed by atoms with van der Waals surface area (Å²) in [6.45, 7) is 7.43. The van der Waals surface area contributed by atoms with Crippen molar-refractivity contribution in [3.63, 3.8) is 0 Å². The molecular formula is C17H25N5O. The number of ether oxygens (including phenoxy) is 1. The van der Waals surface area contributed by atoms with Gasteiger partial charge in [-0.2, -0.15) is 5.10 Å². The van der Waals surface area contributed by atoms with E-state index in [-0.39, 0.29) is 0 Å². The Morgan fingerprint density at radius 3 is 2.96 bits per heavy atom. The molecule has 4 rings (SSSR count). The average molecular weight is 315 g/mol. The van der Waals surface area contributed by atoms with E-state index in [0.717, 1.165) is 49.2 Å². The first-order chi connectivity index (χ1) is 11.3. The van der Waals surface area contributed by atoms with Crippen LogP contribution in [-0.4, -0.2) is 58.4 Å². The van der Waals surface area contributed by atoms with E-state index in [9.17, 15) is 0 Å². The van der Waals surface area contributed by atoms with Crippen molar-refractivity contribution in [2.75, 3.05) is 38.2 Å². The van der Waals surface area contributed by atoms with Crippen molar-refractivity contribution in [2.24, 2.45) is 5.92 Å². The molecule has 124 valence electrons. The van der Waals surface area contributed by atoms with Gasteiger partial charge in [-0.25, -0.2) is 9.50 Å². The lowest BCUT2D eigenvalue weighted by Gasteiger charge is -2.33. The molecule has 4 heterocycles. The van der Waals surface area contributed by atoms with Gasteiger partial charge in [-0.1, -0.05) is 0 Å². The standard InChI is InChI=1S/C17H25N5O/c1-13-10-16-17(18-5-8-22(16)20-13)19-15-2-6-21(7-3-15)11-14-4-9-23-12-14/h5,8,10,14-15H,2-4,6-7,9,11-12H2,1H3,(H,18,19). The van der Waals surface area contributed by atoms with Crippen molar-refractivity contribution >= 4 is 11.3 Å². The monoisotopic (exact) mass is 315 g/mol. The molecule has 1 atom stereocenters. The largest absolute Gasteiger partial charge is 0.381 e. The second-order valence-electron chi connectivity index (χ2n) is 6.84. The first-order valence-corrected chi connectivity index (χ1v) is 8.65. The van der Waals surface area contributed by atoms with Crippen LogP contribution in [0.25, 0.3) is 5.52 Å². The fraction of sp³-hybridized carbons (Fsp3) is 0.647. The minimum absolute atomic E-state index is 0.500. The molecule has 6 nitrogen and oxygen atoms in total. The summed E-state index contributed by atoms with van der Waals surface area (Å²) >= 11 is 0. The van der Waals surface area contributed by atoms with Gasteiger partial charge in [0, 0.05) is 44.7 Å². The van der Waals surface area contributed by atoms with Crippen LogP contribution < -0.4 is 5.32 Å². The number of piperidine rings is 1.